The number of hydrogen-bond donors (Lipinski definition) is 2. The molecule has 0 aromatic carbocycles. The smallest absolute Gasteiger partial charge is 0.269 e. The second-order valence-corrected chi connectivity index (χ2v) is 9.35. The number of carbonyl (C=O) groups is 1. The number of thiophene rings is 1. The van der Waals surface area contributed by atoms with Gasteiger partial charge in [-0.15, -0.1) is 11.3 Å². The number of anilines is 2. The van der Waals surface area contributed by atoms with Crippen LogP contribution < -0.4 is 11.1 Å². The SMILES string of the molecule is CCC(C)(C)C1CCc2nc3sc(C(=O)Nc4cc(C)on4)c(N)c3cc2C1. The van der Waals surface area contributed by atoms with Crippen LogP contribution in [0.25, 0.3) is 10.2 Å². The first-order valence-electron chi connectivity index (χ1n) is 9.74. The Morgan fingerprint density at radius 3 is 2.89 bits per heavy atom. The van der Waals surface area contributed by atoms with Gasteiger partial charge < -0.3 is 15.6 Å². The van der Waals surface area contributed by atoms with Crippen LogP contribution in [0.5, 0.6) is 0 Å². The van der Waals surface area contributed by atoms with E-state index < -0.39 is 0 Å². The fourth-order valence-corrected chi connectivity index (χ4v) is 4.90. The van der Waals surface area contributed by atoms with Crippen LogP contribution in [0, 0.1) is 18.3 Å². The Morgan fingerprint density at radius 2 is 2.21 bits per heavy atom. The first kappa shape index (κ1) is 18.9. The van der Waals surface area contributed by atoms with Crippen LogP contribution in [0.4, 0.5) is 11.5 Å². The zero-order chi connectivity index (χ0) is 20.1. The third kappa shape index (κ3) is 3.28. The van der Waals surface area contributed by atoms with Gasteiger partial charge in [0.2, 0.25) is 0 Å². The molecule has 0 fully saturated rings. The summed E-state index contributed by atoms with van der Waals surface area (Å²) in [5.74, 6) is 1.38. The number of aryl methyl sites for hydroxylation is 2. The Bertz CT molecular complexity index is 1050. The van der Waals surface area contributed by atoms with E-state index in [0.717, 1.165) is 41.6 Å². The minimum Gasteiger partial charge on any atom is -0.397 e. The minimum atomic E-state index is -0.281. The van der Waals surface area contributed by atoms with E-state index in [9.17, 15) is 4.79 Å². The van der Waals surface area contributed by atoms with Crippen molar-refractivity contribution in [2.45, 2.75) is 53.4 Å². The first-order chi connectivity index (χ1) is 13.3. The highest BCUT2D eigenvalue weighted by Gasteiger charge is 2.32. The third-order valence-electron chi connectivity index (χ3n) is 6.18. The lowest BCUT2D eigenvalue weighted by Gasteiger charge is -2.36. The molecule has 0 radical (unpaired) electrons. The van der Waals surface area contributed by atoms with Gasteiger partial charge in [-0.1, -0.05) is 32.3 Å². The summed E-state index contributed by atoms with van der Waals surface area (Å²) >= 11 is 1.34. The summed E-state index contributed by atoms with van der Waals surface area (Å²) in [6.07, 6.45) is 4.33. The van der Waals surface area contributed by atoms with Crippen molar-refractivity contribution in [3.05, 3.63) is 34.0 Å². The quantitative estimate of drug-likeness (QED) is 0.647. The fraction of sp³-hybridized carbons (Fsp3) is 0.476. The monoisotopic (exact) mass is 398 g/mol. The van der Waals surface area contributed by atoms with Crippen molar-refractivity contribution in [1.29, 1.82) is 0 Å². The summed E-state index contributed by atoms with van der Waals surface area (Å²) in [7, 11) is 0. The molecule has 1 amide bonds. The topological polar surface area (TPSA) is 94.0 Å². The lowest BCUT2D eigenvalue weighted by Crippen LogP contribution is -2.29. The van der Waals surface area contributed by atoms with Gasteiger partial charge in [-0.25, -0.2) is 4.98 Å². The van der Waals surface area contributed by atoms with Crippen molar-refractivity contribution in [2.24, 2.45) is 11.3 Å². The molecule has 7 heteroatoms. The van der Waals surface area contributed by atoms with E-state index in [1.165, 1.54) is 16.9 Å². The summed E-state index contributed by atoms with van der Waals surface area (Å²) in [6.45, 7) is 8.73. The zero-order valence-electron chi connectivity index (χ0n) is 16.8. The van der Waals surface area contributed by atoms with E-state index in [-0.39, 0.29) is 5.91 Å². The van der Waals surface area contributed by atoms with E-state index >= 15 is 0 Å². The van der Waals surface area contributed by atoms with Gasteiger partial charge in [0.25, 0.3) is 5.91 Å². The minimum absolute atomic E-state index is 0.281. The van der Waals surface area contributed by atoms with Crippen LogP contribution in [0.15, 0.2) is 16.7 Å². The lowest BCUT2D eigenvalue weighted by molar-refractivity contribution is 0.103. The second-order valence-electron chi connectivity index (χ2n) is 8.35. The number of nitrogens with zero attached hydrogens (tertiary/aromatic N) is 2. The Balaban J connectivity index is 1.66. The Morgan fingerprint density at radius 1 is 1.43 bits per heavy atom. The van der Waals surface area contributed by atoms with Gasteiger partial charge in [-0.3, -0.25) is 4.79 Å². The maximum absolute atomic E-state index is 12.7. The lowest BCUT2D eigenvalue weighted by atomic mass is 9.69. The van der Waals surface area contributed by atoms with Gasteiger partial charge in [0.1, 0.15) is 15.5 Å². The number of pyridine rings is 1. The van der Waals surface area contributed by atoms with Crippen molar-refractivity contribution < 1.29 is 9.32 Å². The number of amides is 1. The molecule has 1 atom stereocenters. The molecule has 6 nitrogen and oxygen atoms in total. The Labute approximate surface area is 168 Å². The molecule has 0 saturated heterocycles. The van der Waals surface area contributed by atoms with Gasteiger partial charge in [0, 0.05) is 17.1 Å². The molecule has 0 saturated carbocycles. The number of rotatable bonds is 4. The molecule has 3 aromatic heterocycles. The first-order valence-corrected chi connectivity index (χ1v) is 10.6. The fourth-order valence-electron chi connectivity index (χ4n) is 3.91. The number of nitrogens with one attached hydrogen (secondary N) is 1. The van der Waals surface area contributed by atoms with Crippen LogP contribution in [0.1, 0.15) is 60.3 Å². The summed E-state index contributed by atoms with van der Waals surface area (Å²) in [6, 6.07) is 3.83. The molecule has 0 spiro atoms. The zero-order valence-corrected chi connectivity index (χ0v) is 17.6. The third-order valence-corrected chi connectivity index (χ3v) is 7.29. The molecule has 4 rings (SSSR count). The Hall–Kier alpha value is -2.41. The van der Waals surface area contributed by atoms with Crippen LogP contribution in [0.2, 0.25) is 0 Å². The molecule has 3 heterocycles. The normalized spacial score (nSPS) is 16.9. The maximum Gasteiger partial charge on any atom is 0.269 e. The largest absolute Gasteiger partial charge is 0.397 e. The van der Waals surface area contributed by atoms with Crippen molar-refractivity contribution in [3.8, 4) is 0 Å². The summed E-state index contributed by atoms with van der Waals surface area (Å²) in [4.78, 5) is 18.8. The average molecular weight is 399 g/mol. The summed E-state index contributed by atoms with van der Waals surface area (Å²) in [5.41, 5.74) is 9.57. The van der Waals surface area contributed by atoms with Gasteiger partial charge in [0.15, 0.2) is 5.82 Å². The molecule has 148 valence electrons. The molecule has 28 heavy (non-hydrogen) atoms. The van der Waals surface area contributed by atoms with Crippen LogP contribution >= 0.6 is 11.3 Å². The Kier molecular flexibility index (Phi) is 4.65. The number of nitrogens with two attached hydrogens (primary N) is 1. The summed E-state index contributed by atoms with van der Waals surface area (Å²) in [5, 5.41) is 7.43. The number of nitrogen functional groups attached to an aromatic ring is 1. The van der Waals surface area contributed by atoms with Crippen LogP contribution in [-0.2, 0) is 12.8 Å². The molecule has 1 unspecified atom stereocenters. The van der Waals surface area contributed by atoms with Gasteiger partial charge in [0.05, 0.1) is 5.69 Å². The van der Waals surface area contributed by atoms with Gasteiger partial charge >= 0.3 is 0 Å². The molecule has 1 aliphatic carbocycles. The standard InChI is InChI=1S/C21H26N4O2S/c1-5-21(3,4)13-6-7-15-12(9-13)10-14-17(22)18(28-20(14)23-15)19(26)24-16-8-11(2)27-25-16/h8,10,13H,5-7,9,22H2,1-4H3,(H,24,25,26). The molecule has 0 bridgehead atoms. The number of fused-ring (bicyclic) bond motifs is 2. The van der Waals surface area contributed by atoms with Gasteiger partial charge in [-0.2, -0.15) is 0 Å². The molecular weight excluding hydrogens is 372 g/mol. The van der Waals surface area contributed by atoms with Crippen molar-refractivity contribution in [3.63, 3.8) is 0 Å². The van der Waals surface area contributed by atoms with E-state index in [4.69, 9.17) is 15.2 Å². The van der Waals surface area contributed by atoms with E-state index in [1.807, 2.05) is 0 Å². The molecule has 3 aromatic rings. The highest BCUT2D eigenvalue weighted by molar-refractivity contribution is 7.21. The van der Waals surface area contributed by atoms with E-state index in [2.05, 4.69) is 37.3 Å². The maximum atomic E-state index is 12.7. The van der Waals surface area contributed by atoms with Crippen molar-refractivity contribution >= 4 is 39.0 Å². The molecular formula is C21H26N4O2S. The van der Waals surface area contributed by atoms with Crippen molar-refractivity contribution in [1.82, 2.24) is 10.1 Å². The van der Waals surface area contributed by atoms with E-state index in [0.29, 0.717) is 33.5 Å². The van der Waals surface area contributed by atoms with Crippen LogP contribution in [0.3, 0.4) is 0 Å². The average Bonchev–Trinajstić information content (AvgIpc) is 3.22. The van der Waals surface area contributed by atoms with Crippen LogP contribution in [-0.4, -0.2) is 16.0 Å². The predicted octanol–water partition coefficient (Wildman–Crippen LogP) is 4.97. The number of hydrogen-bond acceptors (Lipinski definition) is 6. The molecule has 3 N–H and O–H groups in total. The second kappa shape index (κ2) is 6.88. The van der Waals surface area contributed by atoms with E-state index in [1.54, 1.807) is 13.0 Å². The predicted molar refractivity (Wildman–Crippen MR) is 113 cm³/mol. The molecule has 0 aliphatic heterocycles. The van der Waals surface area contributed by atoms with Crippen molar-refractivity contribution in [2.75, 3.05) is 11.1 Å². The van der Waals surface area contributed by atoms with Gasteiger partial charge in [-0.05, 0) is 49.1 Å². The highest BCUT2D eigenvalue weighted by Crippen LogP contribution is 2.42. The molecule has 1 aliphatic rings. The highest BCUT2D eigenvalue weighted by atomic mass is 32.1. The summed E-state index contributed by atoms with van der Waals surface area (Å²) < 4.78 is 5.00. The number of carbonyl (C=O) groups excluding carboxylic acids is 1. The number of aromatic nitrogens is 2.